The fraction of sp³-hybridized carbons (Fsp3) is 0.167. The molecule has 0 atom stereocenters. The number of hydrogen-bond acceptors (Lipinski definition) is 5. The molecule has 0 fully saturated rings. The van der Waals surface area contributed by atoms with Crippen molar-refractivity contribution in [2.24, 2.45) is 7.05 Å². The van der Waals surface area contributed by atoms with Gasteiger partial charge in [0, 0.05) is 24.2 Å². The number of anilines is 1. The molecule has 1 amide bonds. The van der Waals surface area contributed by atoms with Gasteiger partial charge in [0.1, 0.15) is 11.5 Å². The highest BCUT2D eigenvalue weighted by Gasteiger charge is 2.17. The van der Waals surface area contributed by atoms with Crippen LogP contribution in [0.5, 0.6) is 0 Å². The second-order valence-corrected chi connectivity index (χ2v) is 4.87. The lowest BCUT2D eigenvalue weighted by molar-refractivity contribution is -0.384. The second-order valence-electron chi connectivity index (χ2n) is 3.99. The molecule has 2 heterocycles. The van der Waals surface area contributed by atoms with E-state index in [1.54, 1.807) is 19.3 Å². The quantitative estimate of drug-likeness (QED) is 0.530. The molecule has 0 aliphatic carbocycles. The molecule has 0 radical (unpaired) electrons. The van der Waals surface area contributed by atoms with E-state index in [-0.39, 0.29) is 11.4 Å². The summed E-state index contributed by atoms with van der Waals surface area (Å²) in [6.07, 6.45) is 4.80. The summed E-state index contributed by atoms with van der Waals surface area (Å²) in [6, 6.07) is 4.79. The van der Waals surface area contributed by atoms with Gasteiger partial charge in [-0.2, -0.15) is 0 Å². The zero-order valence-corrected chi connectivity index (χ0v) is 11.7. The van der Waals surface area contributed by atoms with Gasteiger partial charge in [-0.3, -0.25) is 14.9 Å². The highest BCUT2D eigenvalue weighted by molar-refractivity contribution is 7.98. The molecule has 1 N–H and O–H groups in total. The fourth-order valence-electron chi connectivity index (χ4n) is 1.66. The van der Waals surface area contributed by atoms with Gasteiger partial charge in [0.05, 0.1) is 11.1 Å². The van der Waals surface area contributed by atoms with Gasteiger partial charge in [0.2, 0.25) is 0 Å². The number of thioether (sulfide) groups is 1. The van der Waals surface area contributed by atoms with E-state index in [0.29, 0.717) is 5.82 Å². The van der Waals surface area contributed by atoms with Crippen molar-refractivity contribution < 1.29 is 9.72 Å². The molecular formula is C12H12N4O3S. The summed E-state index contributed by atoms with van der Waals surface area (Å²) in [5.41, 5.74) is 0.0801. The molecule has 0 saturated heterocycles. The van der Waals surface area contributed by atoms with Crippen molar-refractivity contribution in [1.29, 1.82) is 0 Å². The number of rotatable bonds is 4. The Morgan fingerprint density at radius 3 is 2.85 bits per heavy atom. The van der Waals surface area contributed by atoms with Gasteiger partial charge < -0.3 is 9.88 Å². The van der Waals surface area contributed by atoms with Crippen LogP contribution in [0.15, 0.2) is 35.5 Å². The standard InChI is InChI=1S/C12H12N4O3S/c1-15-7-8(16(18)19)5-10(15)12(17)14-11-6-9(20-2)3-4-13-11/h3-7H,1-2H3,(H,13,14,17). The molecule has 104 valence electrons. The Hall–Kier alpha value is -2.35. The van der Waals surface area contributed by atoms with Crippen LogP contribution >= 0.6 is 11.8 Å². The number of aromatic nitrogens is 2. The lowest BCUT2D eigenvalue weighted by Crippen LogP contribution is -2.16. The third kappa shape index (κ3) is 2.97. The maximum Gasteiger partial charge on any atom is 0.287 e. The van der Waals surface area contributed by atoms with Crippen molar-refractivity contribution in [2.45, 2.75) is 4.90 Å². The first-order valence-corrected chi connectivity index (χ1v) is 6.86. The molecule has 0 saturated carbocycles. The van der Waals surface area contributed by atoms with Crippen LogP contribution in [0.1, 0.15) is 10.5 Å². The Morgan fingerprint density at radius 1 is 1.50 bits per heavy atom. The molecule has 0 spiro atoms. The van der Waals surface area contributed by atoms with E-state index in [2.05, 4.69) is 10.3 Å². The topological polar surface area (TPSA) is 90.1 Å². The van der Waals surface area contributed by atoms with Gasteiger partial charge in [0.25, 0.3) is 11.6 Å². The van der Waals surface area contributed by atoms with E-state index in [1.807, 2.05) is 12.3 Å². The largest absolute Gasteiger partial charge is 0.340 e. The number of carbonyl (C=O) groups is 1. The highest BCUT2D eigenvalue weighted by atomic mass is 32.2. The normalized spacial score (nSPS) is 10.3. The summed E-state index contributed by atoms with van der Waals surface area (Å²) >= 11 is 1.53. The third-order valence-electron chi connectivity index (χ3n) is 2.64. The van der Waals surface area contributed by atoms with Gasteiger partial charge in [-0.15, -0.1) is 11.8 Å². The fourth-order valence-corrected chi connectivity index (χ4v) is 2.09. The lowest BCUT2D eigenvalue weighted by atomic mass is 10.3. The number of hydrogen-bond donors (Lipinski definition) is 1. The van der Waals surface area contributed by atoms with Crippen LogP contribution in [0.25, 0.3) is 0 Å². The van der Waals surface area contributed by atoms with Crippen molar-refractivity contribution in [3.63, 3.8) is 0 Å². The SMILES string of the molecule is CSc1ccnc(NC(=O)c2cc([N+](=O)[O-])cn2C)c1. The van der Waals surface area contributed by atoms with Crippen LogP contribution in [-0.2, 0) is 7.05 Å². The number of pyridine rings is 1. The van der Waals surface area contributed by atoms with Crippen LogP contribution in [0.4, 0.5) is 11.5 Å². The molecule has 0 aliphatic heterocycles. The van der Waals surface area contributed by atoms with Gasteiger partial charge in [-0.1, -0.05) is 0 Å². The summed E-state index contributed by atoms with van der Waals surface area (Å²) in [5, 5.41) is 13.3. The Labute approximate surface area is 119 Å². The van der Waals surface area contributed by atoms with Gasteiger partial charge in [-0.05, 0) is 18.4 Å². The van der Waals surface area contributed by atoms with Crippen molar-refractivity contribution in [1.82, 2.24) is 9.55 Å². The Balaban J connectivity index is 2.21. The highest BCUT2D eigenvalue weighted by Crippen LogP contribution is 2.19. The zero-order chi connectivity index (χ0) is 14.7. The first kappa shape index (κ1) is 14.1. The maximum atomic E-state index is 12.1. The van der Waals surface area contributed by atoms with Crippen molar-refractivity contribution in [3.05, 3.63) is 46.4 Å². The third-order valence-corrected chi connectivity index (χ3v) is 3.37. The van der Waals surface area contributed by atoms with Crippen molar-refractivity contribution >= 4 is 29.2 Å². The summed E-state index contributed by atoms with van der Waals surface area (Å²) in [6.45, 7) is 0. The number of nitrogens with one attached hydrogen (secondary N) is 1. The van der Waals surface area contributed by atoms with E-state index in [9.17, 15) is 14.9 Å². The number of nitro groups is 1. The summed E-state index contributed by atoms with van der Waals surface area (Å²) in [7, 11) is 1.58. The minimum absolute atomic E-state index is 0.122. The monoisotopic (exact) mass is 292 g/mol. The first-order chi connectivity index (χ1) is 9.51. The molecule has 8 heteroatoms. The smallest absolute Gasteiger partial charge is 0.287 e. The molecule has 2 aromatic heterocycles. The Morgan fingerprint density at radius 2 is 2.25 bits per heavy atom. The van der Waals surface area contributed by atoms with E-state index >= 15 is 0 Å². The van der Waals surface area contributed by atoms with Crippen LogP contribution < -0.4 is 5.32 Å². The van der Waals surface area contributed by atoms with Crippen LogP contribution in [0.2, 0.25) is 0 Å². The molecule has 0 unspecified atom stereocenters. The average molecular weight is 292 g/mol. The number of aryl methyl sites for hydroxylation is 1. The van der Waals surface area contributed by atoms with Crippen molar-refractivity contribution in [3.8, 4) is 0 Å². The summed E-state index contributed by atoms with van der Waals surface area (Å²) < 4.78 is 1.41. The molecule has 20 heavy (non-hydrogen) atoms. The average Bonchev–Trinajstić information content (AvgIpc) is 2.81. The number of carbonyl (C=O) groups excluding carboxylic acids is 1. The minimum Gasteiger partial charge on any atom is -0.340 e. The summed E-state index contributed by atoms with van der Waals surface area (Å²) in [5.74, 6) is -0.0305. The lowest BCUT2D eigenvalue weighted by Gasteiger charge is -2.05. The maximum absolute atomic E-state index is 12.1. The molecule has 0 bridgehead atoms. The predicted molar refractivity (Wildman–Crippen MR) is 76.0 cm³/mol. The zero-order valence-electron chi connectivity index (χ0n) is 10.9. The van der Waals surface area contributed by atoms with E-state index < -0.39 is 10.8 Å². The van der Waals surface area contributed by atoms with E-state index in [4.69, 9.17) is 0 Å². The molecule has 2 aromatic rings. The second kappa shape index (κ2) is 5.74. The number of nitrogens with zero attached hydrogens (tertiary/aromatic N) is 3. The molecule has 7 nitrogen and oxygen atoms in total. The van der Waals surface area contributed by atoms with Gasteiger partial charge in [0.15, 0.2) is 0 Å². The van der Waals surface area contributed by atoms with Gasteiger partial charge >= 0.3 is 0 Å². The molecule has 0 aromatic carbocycles. The predicted octanol–water partition coefficient (Wildman–Crippen LogP) is 2.30. The molecule has 0 aliphatic rings. The molecular weight excluding hydrogens is 280 g/mol. The van der Waals surface area contributed by atoms with Crippen LogP contribution in [0.3, 0.4) is 0 Å². The van der Waals surface area contributed by atoms with Crippen molar-refractivity contribution in [2.75, 3.05) is 11.6 Å². The van der Waals surface area contributed by atoms with E-state index in [1.165, 1.54) is 28.6 Å². The minimum atomic E-state index is -0.538. The Kier molecular flexibility index (Phi) is 4.04. The van der Waals surface area contributed by atoms with Crippen LogP contribution in [0, 0.1) is 10.1 Å². The Bertz CT molecular complexity index is 668. The number of amides is 1. The summed E-state index contributed by atoms with van der Waals surface area (Å²) in [4.78, 5) is 27.2. The van der Waals surface area contributed by atoms with Gasteiger partial charge in [-0.25, -0.2) is 4.98 Å². The molecule has 2 rings (SSSR count). The van der Waals surface area contributed by atoms with E-state index in [0.717, 1.165) is 4.90 Å². The first-order valence-electron chi connectivity index (χ1n) is 5.63. The van der Waals surface area contributed by atoms with Crippen LogP contribution in [-0.4, -0.2) is 26.6 Å².